The van der Waals surface area contributed by atoms with Crippen LogP contribution < -0.4 is 10.1 Å². The van der Waals surface area contributed by atoms with Crippen LogP contribution in [0.5, 0.6) is 5.75 Å². The van der Waals surface area contributed by atoms with Crippen molar-refractivity contribution in [3.05, 3.63) is 57.8 Å². The van der Waals surface area contributed by atoms with Gasteiger partial charge in [-0.25, -0.2) is 4.39 Å². The highest BCUT2D eigenvalue weighted by Gasteiger charge is 2.07. The molecule has 0 spiro atoms. The van der Waals surface area contributed by atoms with Crippen molar-refractivity contribution < 1.29 is 13.9 Å². The highest BCUT2D eigenvalue weighted by atomic mass is 79.9. The summed E-state index contributed by atoms with van der Waals surface area (Å²) in [5.74, 6) is -0.178. The number of halogens is 3. The average Bonchev–Trinajstić information content (AvgIpc) is 2.41. The summed E-state index contributed by atoms with van der Waals surface area (Å²) in [6.07, 6.45) is 0. The van der Waals surface area contributed by atoms with Crippen LogP contribution in [0.4, 0.5) is 10.1 Å². The molecule has 2 rings (SSSR count). The van der Waals surface area contributed by atoms with Crippen molar-refractivity contribution in [1.82, 2.24) is 0 Å². The lowest BCUT2D eigenvalue weighted by atomic mass is 10.3. The standard InChI is InChI=1S/C14H10BrClFNO2/c15-12-7-10(17)3-6-13(12)18-14(19)8-20-11-4-1-9(16)2-5-11/h1-7H,8H2,(H,18,19). The lowest BCUT2D eigenvalue weighted by Gasteiger charge is -2.09. The third-order valence-electron chi connectivity index (χ3n) is 2.39. The number of amides is 1. The van der Waals surface area contributed by atoms with Gasteiger partial charge in [-0.1, -0.05) is 11.6 Å². The van der Waals surface area contributed by atoms with Gasteiger partial charge in [0.15, 0.2) is 6.61 Å². The number of hydrogen-bond donors (Lipinski definition) is 1. The molecule has 0 fully saturated rings. The molecule has 6 heteroatoms. The molecule has 0 heterocycles. The van der Waals surface area contributed by atoms with E-state index in [4.69, 9.17) is 16.3 Å². The maximum atomic E-state index is 12.9. The molecule has 1 N–H and O–H groups in total. The summed E-state index contributed by atoms with van der Waals surface area (Å²) in [7, 11) is 0. The van der Waals surface area contributed by atoms with Crippen LogP contribution in [0.2, 0.25) is 5.02 Å². The Morgan fingerprint density at radius 1 is 1.25 bits per heavy atom. The van der Waals surface area contributed by atoms with E-state index >= 15 is 0 Å². The molecule has 3 nitrogen and oxygen atoms in total. The van der Waals surface area contributed by atoms with Crippen molar-refractivity contribution in [1.29, 1.82) is 0 Å². The Kier molecular flexibility index (Phi) is 4.98. The number of carbonyl (C=O) groups excluding carboxylic acids is 1. The Bertz CT molecular complexity index is 619. The number of carbonyl (C=O) groups is 1. The first-order valence-corrected chi connectivity index (χ1v) is 6.85. The Morgan fingerprint density at radius 3 is 2.60 bits per heavy atom. The third kappa shape index (κ3) is 4.21. The monoisotopic (exact) mass is 357 g/mol. The van der Waals surface area contributed by atoms with Gasteiger partial charge in [0.1, 0.15) is 11.6 Å². The molecule has 0 bridgehead atoms. The number of hydrogen-bond acceptors (Lipinski definition) is 2. The van der Waals surface area contributed by atoms with Gasteiger partial charge in [-0.3, -0.25) is 4.79 Å². The van der Waals surface area contributed by atoms with Crippen molar-refractivity contribution in [2.75, 3.05) is 11.9 Å². The molecule has 20 heavy (non-hydrogen) atoms. The van der Waals surface area contributed by atoms with E-state index in [1.54, 1.807) is 24.3 Å². The molecule has 0 atom stereocenters. The second-order valence-corrected chi connectivity index (χ2v) is 5.21. The predicted molar refractivity (Wildman–Crippen MR) is 79.7 cm³/mol. The summed E-state index contributed by atoms with van der Waals surface area (Å²) < 4.78 is 18.7. The van der Waals surface area contributed by atoms with Crippen LogP contribution in [-0.4, -0.2) is 12.5 Å². The van der Waals surface area contributed by atoms with E-state index in [1.165, 1.54) is 18.2 Å². The lowest BCUT2D eigenvalue weighted by molar-refractivity contribution is -0.118. The van der Waals surface area contributed by atoms with Crippen molar-refractivity contribution >= 4 is 39.1 Å². The summed E-state index contributed by atoms with van der Waals surface area (Å²) in [6, 6.07) is 10.7. The van der Waals surface area contributed by atoms with Gasteiger partial charge in [0.25, 0.3) is 5.91 Å². The molecule has 0 radical (unpaired) electrons. The van der Waals surface area contributed by atoms with Crippen LogP contribution in [0.15, 0.2) is 46.9 Å². The van der Waals surface area contributed by atoms with Gasteiger partial charge in [0.05, 0.1) is 5.69 Å². The van der Waals surface area contributed by atoms with E-state index in [-0.39, 0.29) is 18.3 Å². The summed E-state index contributed by atoms with van der Waals surface area (Å²) in [5.41, 5.74) is 0.483. The number of benzene rings is 2. The number of ether oxygens (including phenoxy) is 1. The van der Waals surface area contributed by atoms with Crippen LogP contribution in [-0.2, 0) is 4.79 Å². The van der Waals surface area contributed by atoms with Crippen LogP contribution in [0.25, 0.3) is 0 Å². The zero-order valence-corrected chi connectivity index (χ0v) is 12.5. The number of anilines is 1. The normalized spacial score (nSPS) is 10.2. The molecule has 0 aliphatic rings. The second kappa shape index (κ2) is 6.72. The topological polar surface area (TPSA) is 38.3 Å². The van der Waals surface area contributed by atoms with Crippen molar-refractivity contribution in [3.63, 3.8) is 0 Å². The fourth-order valence-electron chi connectivity index (χ4n) is 1.46. The first-order chi connectivity index (χ1) is 9.54. The van der Waals surface area contributed by atoms with Crippen LogP contribution >= 0.6 is 27.5 Å². The third-order valence-corrected chi connectivity index (χ3v) is 3.30. The Hall–Kier alpha value is -1.59. The summed E-state index contributed by atoms with van der Waals surface area (Å²) >= 11 is 8.91. The van der Waals surface area contributed by atoms with E-state index in [0.29, 0.717) is 20.9 Å². The molecule has 0 aliphatic carbocycles. The molecule has 0 unspecified atom stereocenters. The highest BCUT2D eigenvalue weighted by molar-refractivity contribution is 9.10. The Balaban J connectivity index is 1.90. The summed E-state index contributed by atoms with van der Waals surface area (Å²) in [4.78, 5) is 11.7. The number of nitrogens with one attached hydrogen (secondary N) is 1. The molecule has 2 aromatic rings. The molecular weight excluding hydrogens is 349 g/mol. The van der Waals surface area contributed by atoms with Gasteiger partial charge in [-0.05, 0) is 58.4 Å². The number of rotatable bonds is 4. The van der Waals surface area contributed by atoms with Crippen molar-refractivity contribution in [2.45, 2.75) is 0 Å². The molecule has 2 aromatic carbocycles. The van der Waals surface area contributed by atoms with Gasteiger partial charge >= 0.3 is 0 Å². The van der Waals surface area contributed by atoms with E-state index in [2.05, 4.69) is 21.2 Å². The van der Waals surface area contributed by atoms with E-state index in [1.807, 2.05) is 0 Å². The lowest BCUT2D eigenvalue weighted by Crippen LogP contribution is -2.20. The smallest absolute Gasteiger partial charge is 0.262 e. The average molecular weight is 359 g/mol. The minimum absolute atomic E-state index is 0.147. The maximum absolute atomic E-state index is 12.9. The Morgan fingerprint density at radius 2 is 1.95 bits per heavy atom. The Labute approximate surface area is 128 Å². The van der Waals surface area contributed by atoms with Crippen LogP contribution in [0.1, 0.15) is 0 Å². The molecule has 1 amide bonds. The first kappa shape index (κ1) is 14.8. The van der Waals surface area contributed by atoms with Gasteiger partial charge in [0.2, 0.25) is 0 Å². The van der Waals surface area contributed by atoms with Crippen molar-refractivity contribution in [2.24, 2.45) is 0 Å². The predicted octanol–water partition coefficient (Wildman–Crippen LogP) is 4.26. The van der Waals surface area contributed by atoms with E-state index < -0.39 is 0 Å². The maximum Gasteiger partial charge on any atom is 0.262 e. The van der Waals surface area contributed by atoms with E-state index in [9.17, 15) is 9.18 Å². The first-order valence-electron chi connectivity index (χ1n) is 5.68. The molecule has 0 aliphatic heterocycles. The molecule has 104 valence electrons. The molecule has 0 aromatic heterocycles. The fourth-order valence-corrected chi connectivity index (χ4v) is 2.03. The molecule has 0 saturated carbocycles. The van der Waals surface area contributed by atoms with Gasteiger partial charge in [-0.15, -0.1) is 0 Å². The molecule has 0 saturated heterocycles. The zero-order valence-electron chi connectivity index (χ0n) is 10.2. The second-order valence-electron chi connectivity index (χ2n) is 3.91. The van der Waals surface area contributed by atoms with Crippen LogP contribution in [0, 0.1) is 5.82 Å². The fraction of sp³-hybridized carbons (Fsp3) is 0.0714. The summed E-state index contributed by atoms with van der Waals surface area (Å²) in [6.45, 7) is -0.147. The quantitative estimate of drug-likeness (QED) is 0.887. The minimum Gasteiger partial charge on any atom is -0.484 e. The van der Waals surface area contributed by atoms with Gasteiger partial charge in [0, 0.05) is 9.50 Å². The van der Waals surface area contributed by atoms with Crippen molar-refractivity contribution in [3.8, 4) is 5.75 Å². The van der Waals surface area contributed by atoms with Gasteiger partial charge in [-0.2, -0.15) is 0 Å². The summed E-state index contributed by atoms with van der Waals surface area (Å²) in [5, 5.41) is 3.21. The highest BCUT2D eigenvalue weighted by Crippen LogP contribution is 2.23. The van der Waals surface area contributed by atoms with Gasteiger partial charge < -0.3 is 10.1 Å². The van der Waals surface area contributed by atoms with Crippen LogP contribution in [0.3, 0.4) is 0 Å². The largest absolute Gasteiger partial charge is 0.484 e. The zero-order chi connectivity index (χ0) is 14.5. The minimum atomic E-state index is -0.382. The SMILES string of the molecule is O=C(COc1ccc(Cl)cc1)Nc1ccc(F)cc1Br. The molecular formula is C14H10BrClFNO2. The van der Waals surface area contributed by atoms with E-state index in [0.717, 1.165) is 0 Å².